The van der Waals surface area contributed by atoms with Gasteiger partial charge in [0.05, 0.1) is 6.04 Å². The second kappa shape index (κ2) is 5.73. The Bertz CT molecular complexity index is 369. The summed E-state index contributed by atoms with van der Waals surface area (Å²) in [5.74, 6) is 1.93. The van der Waals surface area contributed by atoms with Crippen molar-refractivity contribution in [1.82, 2.24) is 9.80 Å². The lowest BCUT2D eigenvalue weighted by Gasteiger charge is -2.32. The summed E-state index contributed by atoms with van der Waals surface area (Å²) in [4.78, 5) is 6.72. The molecule has 1 fully saturated rings. The van der Waals surface area contributed by atoms with Gasteiger partial charge in [-0.3, -0.25) is 4.90 Å². The number of rotatable bonds is 4. The third-order valence-electron chi connectivity index (χ3n) is 3.60. The minimum Gasteiger partial charge on any atom is -0.444 e. The van der Waals surface area contributed by atoms with Gasteiger partial charge in [0, 0.05) is 38.8 Å². The van der Waals surface area contributed by atoms with E-state index in [2.05, 4.69) is 27.8 Å². The van der Waals surface area contributed by atoms with Crippen LogP contribution in [0.1, 0.15) is 11.8 Å². The van der Waals surface area contributed by atoms with Crippen LogP contribution in [0.3, 0.4) is 0 Å². The predicted molar refractivity (Wildman–Crippen MR) is 73.9 cm³/mol. The number of likely N-dealkylation sites (N-methyl/N-ethyl adjacent to an activating group) is 2. The molecular weight excluding hydrogens is 228 g/mol. The largest absolute Gasteiger partial charge is 0.444 e. The Balaban J connectivity index is 2.05. The minimum absolute atomic E-state index is 0.159. The van der Waals surface area contributed by atoms with Crippen molar-refractivity contribution in [2.24, 2.45) is 5.73 Å². The van der Waals surface area contributed by atoms with Gasteiger partial charge in [0.2, 0.25) is 0 Å². The first-order valence-electron chi connectivity index (χ1n) is 6.51. The highest BCUT2D eigenvalue weighted by atomic mass is 16.4. The van der Waals surface area contributed by atoms with Crippen LogP contribution in [0, 0.1) is 0 Å². The van der Waals surface area contributed by atoms with Crippen molar-refractivity contribution in [3.63, 3.8) is 0 Å². The standard InChI is InChI=1S/C13H24N4O/c1-15(2)11(10-14)12-4-5-13(18-12)17-8-6-16(3)7-9-17/h4-5,11H,6-10,14H2,1-3H3/t11-/m0/s1. The van der Waals surface area contributed by atoms with Gasteiger partial charge >= 0.3 is 0 Å². The monoisotopic (exact) mass is 252 g/mol. The average molecular weight is 252 g/mol. The summed E-state index contributed by atoms with van der Waals surface area (Å²) in [5.41, 5.74) is 5.79. The van der Waals surface area contributed by atoms with Crippen molar-refractivity contribution < 1.29 is 4.42 Å². The van der Waals surface area contributed by atoms with E-state index in [9.17, 15) is 0 Å². The molecule has 1 aromatic rings. The molecule has 0 saturated carbocycles. The Kier molecular flexibility index (Phi) is 4.27. The maximum Gasteiger partial charge on any atom is 0.195 e. The lowest BCUT2D eigenvalue weighted by Crippen LogP contribution is -2.44. The van der Waals surface area contributed by atoms with Gasteiger partial charge in [0.15, 0.2) is 5.88 Å². The summed E-state index contributed by atoms with van der Waals surface area (Å²) in [5, 5.41) is 0. The Hall–Kier alpha value is -1.04. The zero-order valence-electron chi connectivity index (χ0n) is 11.6. The van der Waals surface area contributed by atoms with Crippen LogP contribution in [0.2, 0.25) is 0 Å². The van der Waals surface area contributed by atoms with E-state index in [4.69, 9.17) is 10.2 Å². The van der Waals surface area contributed by atoms with Gasteiger partial charge in [-0.2, -0.15) is 0 Å². The van der Waals surface area contributed by atoms with Crippen LogP contribution >= 0.6 is 0 Å². The fourth-order valence-corrected chi connectivity index (χ4v) is 2.30. The zero-order chi connectivity index (χ0) is 13.1. The molecule has 0 amide bonds. The zero-order valence-corrected chi connectivity index (χ0v) is 11.6. The number of anilines is 1. The fourth-order valence-electron chi connectivity index (χ4n) is 2.30. The maximum atomic E-state index is 5.96. The van der Waals surface area contributed by atoms with Crippen molar-refractivity contribution in [3.8, 4) is 0 Å². The summed E-state index contributed by atoms with van der Waals surface area (Å²) in [6.45, 7) is 4.80. The highest BCUT2D eigenvalue weighted by Gasteiger charge is 2.20. The maximum absolute atomic E-state index is 5.96. The lowest BCUT2D eigenvalue weighted by atomic mass is 10.2. The van der Waals surface area contributed by atoms with Crippen molar-refractivity contribution in [1.29, 1.82) is 0 Å². The molecular formula is C13H24N4O. The number of hydrogen-bond acceptors (Lipinski definition) is 5. The highest BCUT2D eigenvalue weighted by Crippen LogP contribution is 2.25. The first-order valence-corrected chi connectivity index (χ1v) is 6.51. The molecule has 1 atom stereocenters. The number of nitrogens with two attached hydrogens (primary N) is 1. The fraction of sp³-hybridized carbons (Fsp3) is 0.692. The number of nitrogens with zero attached hydrogens (tertiary/aromatic N) is 3. The van der Waals surface area contributed by atoms with E-state index in [1.54, 1.807) is 0 Å². The Labute approximate surface area is 109 Å². The average Bonchev–Trinajstić information content (AvgIpc) is 2.80. The predicted octanol–water partition coefficient (Wildman–Crippen LogP) is 0.593. The molecule has 0 aliphatic carbocycles. The van der Waals surface area contributed by atoms with Crippen LogP contribution in [0.4, 0.5) is 5.88 Å². The first-order chi connectivity index (χ1) is 8.61. The summed E-state index contributed by atoms with van der Waals surface area (Å²) in [6.07, 6.45) is 0. The summed E-state index contributed by atoms with van der Waals surface area (Å²) in [7, 11) is 6.20. The summed E-state index contributed by atoms with van der Waals surface area (Å²) >= 11 is 0. The van der Waals surface area contributed by atoms with Gasteiger partial charge in [-0.1, -0.05) is 0 Å². The van der Waals surface area contributed by atoms with Crippen molar-refractivity contribution in [2.75, 3.05) is 58.8 Å². The SMILES string of the molecule is CN1CCN(c2ccc([C@H](CN)N(C)C)o2)CC1. The van der Waals surface area contributed by atoms with Crippen LogP contribution in [-0.4, -0.2) is 63.7 Å². The molecule has 5 nitrogen and oxygen atoms in total. The van der Waals surface area contributed by atoms with E-state index in [-0.39, 0.29) is 6.04 Å². The topological polar surface area (TPSA) is 48.9 Å². The van der Waals surface area contributed by atoms with E-state index in [1.165, 1.54) is 0 Å². The first kappa shape index (κ1) is 13.4. The van der Waals surface area contributed by atoms with Crippen LogP contribution in [0.25, 0.3) is 0 Å². The van der Waals surface area contributed by atoms with Gasteiger partial charge in [-0.15, -0.1) is 0 Å². The smallest absolute Gasteiger partial charge is 0.195 e. The Morgan fingerprint density at radius 3 is 2.50 bits per heavy atom. The third-order valence-corrected chi connectivity index (χ3v) is 3.60. The van der Waals surface area contributed by atoms with Crippen LogP contribution < -0.4 is 10.6 Å². The van der Waals surface area contributed by atoms with Gasteiger partial charge in [-0.25, -0.2) is 0 Å². The van der Waals surface area contributed by atoms with Crippen molar-refractivity contribution in [3.05, 3.63) is 17.9 Å². The van der Waals surface area contributed by atoms with Crippen LogP contribution in [0.5, 0.6) is 0 Å². The van der Waals surface area contributed by atoms with E-state index < -0.39 is 0 Å². The van der Waals surface area contributed by atoms with Gasteiger partial charge < -0.3 is 20.0 Å². The van der Waals surface area contributed by atoms with E-state index in [0.717, 1.165) is 37.8 Å². The van der Waals surface area contributed by atoms with Gasteiger partial charge in [0.25, 0.3) is 0 Å². The lowest BCUT2D eigenvalue weighted by molar-refractivity contribution is 0.261. The minimum atomic E-state index is 0.159. The number of piperazine rings is 1. The molecule has 1 aliphatic rings. The quantitative estimate of drug-likeness (QED) is 0.850. The van der Waals surface area contributed by atoms with Gasteiger partial charge in [-0.05, 0) is 27.2 Å². The molecule has 0 radical (unpaired) electrons. The third kappa shape index (κ3) is 2.85. The second-order valence-electron chi connectivity index (χ2n) is 5.18. The molecule has 1 aliphatic heterocycles. The number of furan rings is 1. The molecule has 18 heavy (non-hydrogen) atoms. The molecule has 0 spiro atoms. The number of hydrogen-bond donors (Lipinski definition) is 1. The summed E-state index contributed by atoms with van der Waals surface area (Å²) < 4.78 is 5.96. The molecule has 2 rings (SSSR count). The Morgan fingerprint density at radius 2 is 1.94 bits per heavy atom. The molecule has 1 aromatic heterocycles. The highest BCUT2D eigenvalue weighted by molar-refractivity contribution is 5.37. The summed E-state index contributed by atoms with van der Waals surface area (Å²) in [6, 6.07) is 4.27. The van der Waals surface area contributed by atoms with Crippen molar-refractivity contribution >= 4 is 5.88 Å². The van der Waals surface area contributed by atoms with Crippen molar-refractivity contribution in [2.45, 2.75) is 6.04 Å². The molecule has 0 aromatic carbocycles. The van der Waals surface area contributed by atoms with Gasteiger partial charge in [0.1, 0.15) is 5.76 Å². The molecule has 2 heterocycles. The van der Waals surface area contributed by atoms with Crippen LogP contribution in [-0.2, 0) is 0 Å². The normalized spacial score (nSPS) is 19.5. The molecule has 5 heteroatoms. The Morgan fingerprint density at radius 1 is 1.28 bits per heavy atom. The molecule has 2 N–H and O–H groups in total. The molecule has 0 bridgehead atoms. The molecule has 102 valence electrons. The molecule has 1 saturated heterocycles. The van der Waals surface area contributed by atoms with Crippen LogP contribution in [0.15, 0.2) is 16.5 Å². The van der Waals surface area contributed by atoms with E-state index in [0.29, 0.717) is 6.54 Å². The molecule has 0 unspecified atom stereocenters. The van der Waals surface area contributed by atoms with E-state index in [1.807, 2.05) is 20.2 Å². The van der Waals surface area contributed by atoms with E-state index >= 15 is 0 Å². The second-order valence-corrected chi connectivity index (χ2v) is 5.18.